The van der Waals surface area contributed by atoms with Gasteiger partial charge >= 0.3 is 6.09 Å². The molecule has 0 fully saturated rings. The first-order valence-corrected chi connectivity index (χ1v) is 8.94. The lowest BCUT2D eigenvalue weighted by Gasteiger charge is -2.31. The van der Waals surface area contributed by atoms with Gasteiger partial charge in [0.1, 0.15) is 19.0 Å². The number of H-pyrrole nitrogens is 1. The maximum Gasteiger partial charge on any atom is 0.411 e. The normalized spacial score (nSPS) is 12.8. The number of amides is 1. The van der Waals surface area contributed by atoms with Crippen LogP contribution in [0.5, 0.6) is 5.75 Å². The third-order valence-corrected chi connectivity index (χ3v) is 4.43. The van der Waals surface area contributed by atoms with E-state index in [4.69, 9.17) is 15.2 Å². The molecule has 1 aromatic heterocycles. The smallest absolute Gasteiger partial charge is 0.411 e. The summed E-state index contributed by atoms with van der Waals surface area (Å²) in [4.78, 5) is 21.5. The zero-order valence-corrected chi connectivity index (χ0v) is 15.2. The van der Waals surface area contributed by atoms with Gasteiger partial charge < -0.3 is 25.1 Å². The summed E-state index contributed by atoms with van der Waals surface area (Å²) in [6.07, 6.45) is 2.94. The largest absolute Gasteiger partial charge is 0.490 e. The van der Waals surface area contributed by atoms with Crippen LogP contribution in [-0.4, -0.2) is 29.2 Å². The number of hydrogen-bond donors (Lipinski definition) is 3. The monoisotopic (exact) mass is 379 g/mol. The Bertz CT molecular complexity index is 941. The highest BCUT2D eigenvalue weighted by atomic mass is 16.5. The van der Waals surface area contributed by atoms with Crippen molar-refractivity contribution in [2.75, 3.05) is 29.1 Å². The number of carbonyl (C=O) groups excluding carboxylic acids is 1. The van der Waals surface area contributed by atoms with Crippen molar-refractivity contribution in [1.29, 1.82) is 0 Å². The molecule has 1 aliphatic rings. The van der Waals surface area contributed by atoms with Crippen LogP contribution in [0.3, 0.4) is 0 Å². The van der Waals surface area contributed by atoms with Gasteiger partial charge in [0.2, 0.25) is 0 Å². The van der Waals surface area contributed by atoms with E-state index in [1.54, 1.807) is 30.7 Å². The first-order chi connectivity index (χ1) is 13.7. The Kier molecular flexibility index (Phi) is 5.01. The van der Waals surface area contributed by atoms with Gasteiger partial charge in [0.15, 0.2) is 0 Å². The van der Waals surface area contributed by atoms with E-state index in [1.807, 2.05) is 24.3 Å². The van der Waals surface area contributed by atoms with Crippen LogP contribution in [-0.2, 0) is 17.9 Å². The van der Waals surface area contributed by atoms with Crippen LogP contribution in [0.25, 0.3) is 0 Å². The number of aromatic nitrogens is 2. The zero-order valence-electron chi connectivity index (χ0n) is 15.2. The van der Waals surface area contributed by atoms with Crippen LogP contribution in [0, 0.1) is 0 Å². The first kappa shape index (κ1) is 17.7. The van der Waals surface area contributed by atoms with E-state index >= 15 is 0 Å². The molecule has 4 rings (SSSR count). The summed E-state index contributed by atoms with van der Waals surface area (Å²) < 4.78 is 11.0. The number of nitrogens with zero attached hydrogens (tertiary/aromatic N) is 2. The van der Waals surface area contributed by atoms with Crippen molar-refractivity contribution < 1.29 is 14.3 Å². The molecule has 0 spiro atoms. The standard InChI is InChI=1S/C20H21N5O3/c21-15-3-1-14(2-4-15)12-28-20(26)24-16-5-6-19-18(9-16)25(7-8-27-19)11-17-10-22-13-23-17/h1-6,9-10,13H,7-8,11-12,21H2,(H,22,23)(H,24,26). The number of fused-ring (bicyclic) bond motifs is 1. The van der Waals surface area contributed by atoms with Crippen molar-refractivity contribution in [3.63, 3.8) is 0 Å². The van der Waals surface area contributed by atoms with Gasteiger partial charge in [-0.15, -0.1) is 0 Å². The minimum absolute atomic E-state index is 0.173. The van der Waals surface area contributed by atoms with Gasteiger partial charge in [0.05, 0.1) is 30.8 Å². The molecule has 3 aromatic rings. The Hall–Kier alpha value is -3.68. The van der Waals surface area contributed by atoms with E-state index in [-0.39, 0.29) is 6.61 Å². The molecule has 2 aromatic carbocycles. The summed E-state index contributed by atoms with van der Waals surface area (Å²) in [7, 11) is 0. The van der Waals surface area contributed by atoms with Gasteiger partial charge in [-0.2, -0.15) is 0 Å². The molecule has 144 valence electrons. The molecule has 8 nitrogen and oxygen atoms in total. The molecule has 1 amide bonds. The molecule has 4 N–H and O–H groups in total. The summed E-state index contributed by atoms with van der Waals surface area (Å²) >= 11 is 0. The Labute approximate surface area is 162 Å². The highest BCUT2D eigenvalue weighted by molar-refractivity contribution is 5.86. The van der Waals surface area contributed by atoms with Crippen LogP contribution in [0.2, 0.25) is 0 Å². The van der Waals surface area contributed by atoms with Gasteiger partial charge in [-0.3, -0.25) is 5.32 Å². The number of benzene rings is 2. The molecule has 2 heterocycles. The fraction of sp³-hybridized carbons (Fsp3) is 0.200. The molecule has 0 bridgehead atoms. The van der Waals surface area contributed by atoms with Crippen molar-refractivity contribution in [2.45, 2.75) is 13.2 Å². The molecule has 1 aliphatic heterocycles. The second kappa shape index (κ2) is 7.91. The number of aromatic amines is 1. The molecule has 0 radical (unpaired) electrons. The topological polar surface area (TPSA) is 105 Å². The van der Waals surface area contributed by atoms with Crippen LogP contribution in [0.4, 0.5) is 21.9 Å². The van der Waals surface area contributed by atoms with Crippen molar-refractivity contribution in [2.24, 2.45) is 0 Å². The highest BCUT2D eigenvalue weighted by Crippen LogP contribution is 2.34. The average molecular weight is 379 g/mol. The fourth-order valence-corrected chi connectivity index (χ4v) is 3.01. The molecule has 8 heteroatoms. The predicted octanol–water partition coefficient (Wildman–Crippen LogP) is 3.14. The number of nitrogen functional groups attached to an aromatic ring is 1. The van der Waals surface area contributed by atoms with Crippen molar-refractivity contribution in [3.8, 4) is 5.75 Å². The molecule has 0 saturated heterocycles. The quantitative estimate of drug-likeness (QED) is 0.588. The Balaban J connectivity index is 1.41. The average Bonchev–Trinajstić information content (AvgIpc) is 3.21. The van der Waals surface area contributed by atoms with Crippen molar-refractivity contribution in [1.82, 2.24) is 9.97 Å². The second-order valence-electron chi connectivity index (χ2n) is 6.47. The summed E-state index contributed by atoms with van der Waals surface area (Å²) in [6, 6.07) is 12.7. The maximum absolute atomic E-state index is 12.1. The van der Waals surface area contributed by atoms with Gasteiger partial charge in [-0.25, -0.2) is 9.78 Å². The van der Waals surface area contributed by atoms with Crippen LogP contribution in [0.15, 0.2) is 55.0 Å². The van der Waals surface area contributed by atoms with E-state index in [0.717, 1.165) is 29.2 Å². The molecule has 0 unspecified atom stereocenters. The van der Waals surface area contributed by atoms with Crippen molar-refractivity contribution >= 4 is 23.2 Å². The number of hydrogen-bond acceptors (Lipinski definition) is 6. The lowest BCUT2D eigenvalue weighted by Crippen LogP contribution is -2.32. The van der Waals surface area contributed by atoms with E-state index in [0.29, 0.717) is 24.5 Å². The minimum atomic E-state index is -0.520. The fourth-order valence-electron chi connectivity index (χ4n) is 3.01. The molecule has 0 aliphatic carbocycles. The molecule has 28 heavy (non-hydrogen) atoms. The van der Waals surface area contributed by atoms with Gasteiger partial charge in [0, 0.05) is 17.6 Å². The van der Waals surface area contributed by atoms with E-state index in [2.05, 4.69) is 20.2 Å². The Morgan fingerprint density at radius 1 is 1.29 bits per heavy atom. The van der Waals surface area contributed by atoms with Gasteiger partial charge in [-0.05, 0) is 35.9 Å². The second-order valence-corrected chi connectivity index (χ2v) is 6.47. The van der Waals surface area contributed by atoms with E-state index in [1.165, 1.54) is 0 Å². The number of nitrogens with one attached hydrogen (secondary N) is 2. The van der Waals surface area contributed by atoms with Gasteiger partial charge in [0.25, 0.3) is 0 Å². The Morgan fingerprint density at radius 3 is 2.93 bits per heavy atom. The Morgan fingerprint density at radius 2 is 2.14 bits per heavy atom. The molecule has 0 saturated carbocycles. The molecular weight excluding hydrogens is 358 g/mol. The number of nitrogens with two attached hydrogens (primary N) is 1. The predicted molar refractivity (Wildman–Crippen MR) is 106 cm³/mol. The molecule has 0 atom stereocenters. The van der Waals surface area contributed by atoms with Crippen LogP contribution >= 0.6 is 0 Å². The first-order valence-electron chi connectivity index (χ1n) is 8.94. The number of imidazole rings is 1. The number of rotatable bonds is 5. The lowest BCUT2D eigenvalue weighted by atomic mass is 10.2. The summed E-state index contributed by atoms with van der Waals surface area (Å²) in [6.45, 7) is 2.21. The molecular formula is C20H21N5O3. The van der Waals surface area contributed by atoms with Gasteiger partial charge in [-0.1, -0.05) is 12.1 Å². The van der Waals surface area contributed by atoms with E-state index < -0.39 is 6.09 Å². The van der Waals surface area contributed by atoms with E-state index in [9.17, 15) is 4.79 Å². The summed E-state index contributed by atoms with van der Waals surface area (Å²) in [5.41, 5.74) is 9.76. The lowest BCUT2D eigenvalue weighted by molar-refractivity contribution is 0.155. The van der Waals surface area contributed by atoms with Crippen LogP contribution in [0.1, 0.15) is 11.3 Å². The zero-order chi connectivity index (χ0) is 19.3. The third-order valence-electron chi connectivity index (χ3n) is 4.43. The maximum atomic E-state index is 12.1. The van der Waals surface area contributed by atoms with Crippen LogP contribution < -0.4 is 20.7 Å². The number of ether oxygens (including phenoxy) is 2. The highest BCUT2D eigenvalue weighted by Gasteiger charge is 2.19. The third kappa shape index (κ3) is 4.17. The number of carbonyl (C=O) groups is 1. The minimum Gasteiger partial charge on any atom is -0.490 e. The van der Waals surface area contributed by atoms with Crippen molar-refractivity contribution in [3.05, 3.63) is 66.2 Å². The summed E-state index contributed by atoms with van der Waals surface area (Å²) in [5.74, 6) is 0.784. The number of anilines is 3. The SMILES string of the molecule is Nc1ccc(COC(=O)Nc2ccc3c(c2)N(Cc2cnc[nH]2)CCO3)cc1. The summed E-state index contributed by atoms with van der Waals surface area (Å²) in [5, 5.41) is 2.76.